The third-order valence-corrected chi connectivity index (χ3v) is 10.3. The van der Waals surface area contributed by atoms with Crippen molar-refractivity contribution >= 4 is 25.2 Å². The molecular weight excluding hydrogens is 332 g/mol. The van der Waals surface area contributed by atoms with E-state index in [1.165, 1.54) is 11.8 Å². The lowest BCUT2D eigenvalue weighted by molar-refractivity contribution is -0.117. The summed E-state index contributed by atoms with van der Waals surface area (Å²) in [4.78, 5) is 12.5. The van der Waals surface area contributed by atoms with Crippen LogP contribution in [0.2, 0.25) is 18.1 Å². The second kappa shape index (κ2) is 10.6. The molecule has 0 aromatic carbocycles. The normalized spacial score (nSPS) is 17.4. The van der Waals surface area contributed by atoms with Crippen LogP contribution in [-0.4, -0.2) is 25.3 Å². The molecule has 0 heterocycles. The fraction of sp³-hybridized carbons (Fsp3) is 0.750. The second-order valence-electron chi connectivity index (χ2n) is 8.05. The molecule has 0 aliphatic carbocycles. The van der Waals surface area contributed by atoms with Crippen molar-refractivity contribution in [3.05, 3.63) is 24.3 Å². The first-order chi connectivity index (χ1) is 11.0. The van der Waals surface area contributed by atoms with E-state index in [0.717, 1.165) is 12.2 Å². The fourth-order valence-electron chi connectivity index (χ4n) is 2.25. The molecule has 0 aliphatic heterocycles. The Bertz CT molecular complexity index is 435. The van der Waals surface area contributed by atoms with Crippen LogP contribution in [0.1, 0.15) is 54.9 Å². The van der Waals surface area contributed by atoms with Gasteiger partial charge in [0.1, 0.15) is 0 Å². The van der Waals surface area contributed by atoms with Crippen LogP contribution in [-0.2, 0) is 9.22 Å². The molecule has 0 spiro atoms. The van der Waals surface area contributed by atoms with Crippen molar-refractivity contribution in [3.63, 3.8) is 0 Å². The maximum Gasteiger partial charge on any atom is 0.194 e. The molecule has 0 aromatic heterocycles. The molecule has 0 fully saturated rings. The molecule has 0 bridgehead atoms. The number of carbonyl (C=O) groups excluding carboxylic acids is 1. The van der Waals surface area contributed by atoms with Crippen LogP contribution >= 0.6 is 11.8 Å². The summed E-state index contributed by atoms with van der Waals surface area (Å²) in [7, 11) is -1.92. The smallest absolute Gasteiger partial charge is 0.194 e. The highest BCUT2D eigenvalue weighted by Crippen LogP contribution is 2.40. The molecule has 0 radical (unpaired) electrons. The number of thioether (sulfide) groups is 1. The first-order valence-electron chi connectivity index (χ1n) is 9.10. The molecule has 0 amide bonds. The predicted octanol–water partition coefficient (Wildman–Crippen LogP) is 6.45. The Morgan fingerprint density at radius 3 is 2.25 bits per heavy atom. The molecule has 0 unspecified atom stereocenters. The van der Waals surface area contributed by atoms with Crippen LogP contribution in [0.3, 0.4) is 0 Å². The van der Waals surface area contributed by atoms with Crippen molar-refractivity contribution in [2.75, 3.05) is 5.75 Å². The highest BCUT2D eigenvalue weighted by molar-refractivity contribution is 8.13. The van der Waals surface area contributed by atoms with Gasteiger partial charge in [-0.3, -0.25) is 4.79 Å². The SMILES string of the molecule is C/C=C/C=C/C[C@@H](C)[C@H](O[Si](C)(C)C(C)(C)C)[C@@H](C)C(=O)SCC. The van der Waals surface area contributed by atoms with Gasteiger partial charge in [-0.15, -0.1) is 0 Å². The predicted molar refractivity (Wildman–Crippen MR) is 112 cm³/mol. The molecule has 0 N–H and O–H groups in total. The summed E-state index contributed by atoms with van der Waals surface area (Å²) in [5.74, 6) is 1.07. The zero-order valence-electron chi connectivity index (χ0n) is 17.2. The van der Waals surface area contributed by atoms with E-state index in [1.807, 2.05) is 32.9 Å². The van der Waals surface area contributed by atoms with Gasteiger partial charge in [-0.05, 0) is 43.1 Å². The first-order valence-corrected chi connectivity index (χ1v) is 13.0. The van der Waals surface area contributed by atoms with Crippen molar-refractivity contribution in [2.45, 2.75) is 79.1 Å². The lowest BCUT2D eigenvalue weighted by Gasteiger charge is -2.42. The summed E-state index contributed by atoms with van der Waals surface area (Å²) in [6.45, 7) is 19.6. The molecule has 24 heavy (non-hydrogen) atoms. The van der Waals surface area contributed by atoms with Crippen molar-refractivity contribution < 1.29 is 9.22 Å². The van der Waals surface area contributed by atoms with Gasteiger partial charge in [0.15, 0.2) is 13.4 Å². The zero-order chi connectivity index (χ0) is 19.0. The minimum atomic E-state index is -1.92. The van der Waals surface area contributed by atoms with E-state index in [4.69, 9.17) is 4.43 Å². The summed E-state index contributed by atoms with van der Waals surface area (Å²) in [6.07, 6.45) is 9.22. The van der Waals surface area contributed by atoms with E-state index in [9.17, 15) is 4.79 Å². The molecule has 0 saturated heterocycles. The van der Waals surface area contributed by atoms with E-state index in [0.29, 0.717) is 5.92 Å². The van der Waals surface area contributed by atoms with Crippen LogP contribution in [0.4, 0.5) is 0 Å². The van der Waals surface area contributed by atoms with Crippen molar-refractivity contribution in [1.29, 1.82) is 0 Å². The third kappa shape index (κ3) is 7.71. The fourth-order valence-corrected chi connectivity index (χ4v) is 4.40. The average Bonchev–Trinajstić information content (AvgIpc) is 2.47. The topological polar surface area (TPSA) is 26.3 Å². The summed E-state index contributed by atoms with van der Waals surface area (Å²) in [5.41, 5.74) is 0. The van der Waals surface area contributed by atoms with E-state index in [-0.39, 0.29) is 22.2 Å². The molecule has 3 atom stereocenters. The minimum absolute atomic E-state index is 0.0207. The molecule has 0 aliphatic rings. The number of carbonyl (C=O) groups is 1. The van der Waals surface area contributed by atoms with Gasteiger partial charge in [0.25, 0.3) is 0 Å². The molecule has 4 heteroatoms. The Kier molecular flexibility index (Phi) is 10.5. The van der Waals surface area contributed by atoms with Gasteiger partial charge in [-0.2, -0.15) is 0 Å². The zero-order valence-corrected chi connectivity index (χ0v) is 19.0. The van der Waals surface area contributed by atoms with Crippen LogP contribution in [0, 0.1) is 11.8 Å². The van der Waals surface area contributed by atoms with Gasteiger partial charge in [-0.25, -0.2) is 0 Å². The molecule has 0 rings (SSSR count). The van der Waals surface area contributed by atoms with Crippen molar-refractivity contribution in [2.24, 2.45) is 11.8 Å². The van der Waals surface area contributed by atoms with Crippen LogP contribution in [0.25, 0.3) is 0 Å². The van der Waals surface area contributed by atoms with Gasteiger partial charge < -0.3 is 4.43 Å². The molecule has 0 aromatic rings. The summed E-state index contributed by atoms with van der Waals surface area (Å²) in [5, 5.41) is 0.400. The van der Waals surface area contributed by atoms with Crippen LogP contribution < -0.4 is 0 Å². The average molecular weight is 371 g/mol. The van der Waals surface area contributed by atoms with Gasteiger partial charge in [-0.1, -0.05) is 77.6 Å². The molecule has 2 nitrogen and oxygen atoms in total. The first kappa shape index (κ1) is 23.7. The minimum Gasteiger partial charge on any atom is -0.413 e. The van der Waals surface area contributed by atoms with E-state index in [1.54, 1.807) is 0 Å². The van der Waals surface area contributed by atoms with E-state index < -0.39 is 8.32 Å². The van der Waals surface area contributed by atoms with Crippen molar-refractivity contribution in [1.82, 2.24) is 0 Å². The van der Waals surface area contributed by atoms with E-state index >= 15 is 0 Å². The number of hydrogen-bond donors (Lipinski definition) is 0. The second-order valence-corrected chi connectivity index (χ2v) is 14.1. The van der Waals surface area contributed by atoms with Gasteiger partial charge in [0.2, 0.25) is 0 Å². The lowest BCUT2D eigenvalue weighted by atomic mass is 9.91. The van der Waals surface area contributed by atoms with Gasteiger partial charge in [0.05, 0.1) is 12.0 Å². The molecule has 0 saturated carbocycles. The summed E-state index contributed by atoms with van der Waals surface area (Å²) >= 11 is 1.42. The maximum absolute atomic E-state index is 12.5. The Balaban J connectivity index is 5.32. The summed E-state index contributed by atoms with van der Waals surface area (Å²) < 4.78 is 6.70. The van der Waals surface area contributed by atoms with Gasteiger partial charge in [0, 0.05) is 0 Å². The molecular formula is C20H38O2SSi. The highest BCUT2D eigenvalue weighted by atomic mass is 32.2. The Labute approximate surface area is 155 Å². The third-order valence-electron chi connectivity index (χ3n) is 4.90. The number of hydrogen-bond acceptors (Lipinski definition) is 3. The maximum atomic E-state index is 12.5. The Morgan fingerprint density at radius 1 is 1.21 bits per heavy atom. The lowest BCUT2D eigenvalue weighted by Crippen LogP contribution is -2.48. The van der Waals surface area contributed by atoms with Crippen molar-refractivity contribution in [3.8, 4) is 0 Å². The quantitative estimate of drug-likeness (QED) is 0.344. The van der Waals surface area contributed by atoms with Crippen LogP contribution in [0.15, 0.2) is 24.3 Å². The summed E-state index contributed by atoms with van der Waals surface area (Å²) in [6, 6.07) is 0. The Morgan fingerprint density at radius 2 is 1.79 bits per heavy atom. The van der Waals surface area contributed by atoms with Gasteiger partial charge >= 0.3 is 0 Å². The number of rotatable bonds is 9. The van der Waals surface area contributed by atoms with E-state index in [2.05, 4.69) is 52.9 Å². The largest absolute Gasteiger partial charge is 0.413 e. The monoisotopic (exact) mass is 370 g/mol. The highest BCUT2D eigenvalue weighted by Gasteiger charge is 2.42. The Hall–Kier alpha value is -0.323. The molecule has 140 valence electrons. The van der Waals surface area contributed by atoms with Crippen LogP contribution in [0.5, 0.6) is 0 Å². The standard InChI is InChI=1S/C20H38O2SSi/c1-10-12-13-14-15-16(3)18(17(4)19(21)23-11-2)22-24(8,9)20(5,6)7/h10,12-14,16-18H,11,15H2,1-9H3/b12-10+,14-13+/t16-,17-,18+/m1/s1. The number of allylic oxidation sites excluding steroid dienone is 4.